The third-order valence-corrected chi connectivity index (χ3v) is 3.56. The zero-order chi connectivity index (χ0) is 15.4. The minimum atomic E-state index is -0.548. The van der Waals surface area contributed by atoms with E-state index in [4.69, 9.17) is 4.74 Å². The van der Waals surface area contributed by atoms with E-state index < -0.39 is 11.9 Å². The molecular formula is C13H12IN3O4. The number of nitrogens with one attached hydrogen (secondary N) is 1. The lowest BCUT2D eigenvalue weighted by atomic mass is 10.1. The molecule has 0 saturated heterocycles. The van der Waals surface area contributed by atoms with Crippen molar-refractivity contribution in [2.24, 2.45) is 0 Å². The number of ether oxygens (including phenoxy) is 2. The zero-order valence-electron chi connectivity index (χ0n) is 11.3. The number of carbonyl (C=O) groups excluding carboxylic acids is 2. The van der Waals surface area contributed by atoms with E-state index in [1.54, 1.807) is 25.1 Å². The molecule has 0 aliphatic rings. The van der Waals surface area contributed by atoms with E-state index in [9.17, 15) is 9.59 Å². The van der Waals surface area contributed by atoms with Crippen molar-refractivity contribution in [2.45, 2.75) is 6.92 Å². The Hall–Kier alpha value is -1.97. The molecule has 7 nitrogen and oxygen atoms in total. The summed E-state index contributed by atoms with van der Waals surface area (Å²) in [5, 5.41) is 10.2. The predicted octanol–water partition coefficient (Wildman–Crippen LogP) is 2.04. The Morgan fingerprint density at radius 2 is 2.05 bits per heavy atom. The molecule has 0 aliphatic heterocycles. The molecule has 1 heterocycles. The molecule has 1 aromatic carbocycles. The first-order valence-corrected chi connectivity index (χ1v) is 7.12. The average Bonchev–Trinajstić information content (AvgIpc) is 2.96. The maximum Gasteiger partial charge on any atom is 0.361 e. The monoisotopic (exact) mass is 401 g/mol. The van der Waals surface area contributed by atoms with Crippen LogP contribution in [0.5, 0.6) is 0 Å². The van der Waals surface area contributed by atoms with Crippen LogP contribution < -0.4 is 0 Å². The Bertz CT molecular complexity index is 684. The molecule has 21 heavy (non-hydrogen) atoms. The first kappa shape index (κ1) is 15.4. The minimum Gasteiger partial charge on any atom is -0.465 e. The summed E-state index contributed by atoms with van der Waals surface area (Å²) in [6.45, 7) is 1.97. The highest BCUT2D eigenvalue weighted by atomic mass is 127. The molecule has 2 rings (SSSR count). The van der Waals surface area contributed by atoms with Crippen LogP contribution in [0.25, 0.3) is 11.3 Å². The van der Waals surface area contributed by atoms with Crippen LogP contribution in [0.4, 0.5) is 0 Å². The summed E-state index contributed by atoms with van der Waals surface area (Å²) in [5.74, 6) is -0.968. The second-order valence-electron chi connectivity index (χ2n) is 3.93. The van der Waals surface area contributed by atoms with Crippen molar-refractivity contribution in [2.75, 3.05) is 13.7 Å². The average molecular weight is 401 g/mol. The Balaban J connectivity index is 2.40. The predicted molar refractivity (Wildman–Crippen MR) is 81.8 cm³/mol. The lowest BCUT2D eigenvalue weighted by molar-refractivity contribution is 0.0519. The summed E-state index contributed by atoms with van der Waals surface area (Å²) < 4.78 is 10.3. The van der Waals surface area contributed by atoms with Gasteiger partial charge < -0.3 is 9.47 Å². The van der Waals surface area contributed by atoms with Gasteiger partial charge in [-0.05, 0) is 41.6 Å². The number of aromatic amines is 1. The van der Waals surface area contributed by atoms with Crippen LogP contribution in [0, 0.1) is 3.57 Å². The van der Waals surface area contributed by atoms with Gasteiger partial charge in [0.1, 0.15) is 5.69 Å². The van der Waals surface area contributed by atoms with Crippen molar-refractivity contribution in [3.63, 3.8) is 0 Å². The minimum absolute atomic E-state index is 0.110. The molecule has 0 saturated carbocycles. The number of rotatable bonds is 4. The van der Waals surface area contributed by atoms with Gasteiger partial charge in [0.2, 0.25) is 0 Å². The molecule has 0 fully saturated rings. The van der Waals surface area contributed by atoms with Gasteiger partial charge in [-0.1, -0.05) is 6.07 Å². The normalized spacial score (nSPS) is 10.2. The molecule has 0 spiro atoms. The first-order chi connectivity index (χ1) is 10.1. The van der Waals surface area contributed by atoms with E-state index in [0.717, 1.165) is 0 Å². The highest BCUT2D eigenvalue weighted by molar-refractivity contribution is 14.1. The third-order valence-electron chi connectivity index (χ3n) is 2.66. The van der Waals surface area contributed by atoms with Crippen LogP contribution in [0.1, 0.15) is 27.8 Å². The van der Waals surface area contributed by atoms with Crippen molar-refractivity contribution < 1.29 is 19.1 Å². The second-order valence-corrected chi connectivity index (χ2v) is 5.09. The molecule has 0 radical (unpaired) electrons. The molecule has 0 atom stereocenters. The van der Waals surface area contributed by atoms with Crippen molar-refractivity contribution in [3.05, 3.63) is 33.0 Å². The number of esters is 2. The quantitative estimate of drug-likeness (QED) is 0.623. The molecule has 0 bridgehead atoms. The molecular weight excluding hydrogens is 389 g/mol. The molecule has 0 unspecified atom stereocenters. The Morgan fingerprint density at radius 1 is 1.29 bits per heavy atom. The number of methoxy groups -OCH3 is 1. The topological polar surface area (TPSA) is 94.2 Å². The summed E-state index contributed by atoms with van der Waals surface area (Å²) in [6.07, 6.45) is 0. The fraction of sp³-hybridized carbons (Fsp3) is 0.231. The Kier molecular flexibility index (Phi) is 4.89. The number of hydrogen-bond acceptors (Lipinski definition) is 6. The highest BCUT2D eigenvalue weighted by Crippen LogP contribution is 2.24. The van der Waals surface area contributed by atoms with Gasteiger partial charge in [-0.25, -0.2) is 9.59 Å². The second kappa shape index (κ2) is 6.66. The number of carbonyl (C=O) groups is 2. The van der Waals surface area contributed by atoms with E-state index in [-0.39, 0.29) is 12.3 Å². The summed E-state index contributed by atoms with van der Waals surface area (Å²) in [5.41, 5.74) is 1.59. The maximum atomic E-state index is 11.8. The first-order valence-electron chi connectivity index (χ1n) is 6.04. The number of H-pyrrole nitrogens is 1. The van der Waals surface area contributed by atoms with Crippen LogP contribution in [0.2, 0.25) is 0 Å². The van der Waals surface area contributed by atoms with Gasteiger partial charge in [0, 0.05) is 9.13 Å². The van der Waals surface area contributed by atoms with Gasteiger partial charge >= 0.3 is 11.9 Å². The van der Waals surface area contributed by atoms with Crippen LogP contribution >= 0.6 is 22.6 Å². The highest BCUT2D eigenvalue weighted by Gasteiger charge is 2.20. The Labute approximate surface area is 134 Å². The SMILES string of the molecule is CCOC(=O)c1n[nH]nc1-c1ccc(C(=O)OC)c(I)c1. The lowest BCUT2D eigenvalue weighted by Crippen LogP contribution is -2.07. The van der Waals surface area contributed by atoms with Gasteiger partial charge in [0.15, 0.2) is 5.69 Å². The van der Waals surface area contributed by atoms with E-state index in [0.29, 0.717) is 20.4 Å². The number of hydrogen-bond donors (Lipinski definition) is 1. The van der Waals surface area contributed by atoms with Gasteiger partial charge in [0.25, 0.3) is 0 Å². The molecule has 0 amide bonds. The summed E-state index contributed by atoms with van der Waals surface area (Å²) in [7, 11) is 1.32. The maximum absolute atomic E-state index is 11.8. The molecule has 8 heteroatoms. The van der Waals surface area contributed by atoms with Crippen molar-refractivity contribution >= 4 is 34.5 Å². The number of halogens is 1. The van der Waals surface area contributed by atoms with Gasteiger partial charge in [0.05, 0.1) is 19.3 Å². The summed E-state index contributed by atoms with van der Waals surface area (Å²) in [6, 6.07) is 5.02. The fourth-order valence-electron chi connectivity index (χ4n) is 1.71. The van der Waals surface area contributed by atoms with E-state index in [1.807, 2.05) is 22.6 Å². The van der Waals surface area contributed by atoms with Crippen molar-refractivity contribution in [3.8, 4) is 11.3 Å². The van der Waals surface area contributed by atoms with Gasteiger partial charge in [-0.2, -0.15) is 10.3 Å². The standard InChI is InChI=1S/C13H12IN3O4/c1-3-21-13(19)11-10(15-17-16-11)7-4-5-8(9(14)6-7)12(18)20-2/h4-6H,3H2,1-2H3,(H,15,16,17). The van der Waals surface area contributed by atoms with Gasteiger partial charge in [-0.3, -0.25) is 0 Å². The lowest BCUT2D eigenvalue weighted by Gasteiger charge is -2.05. The molecule has 2 aromatic rings. The molecule has 0 aliphatic carbocycles. The van der Waals surface area contributed by atoms with E-state index in [2.05, 4.69) is 20.1 Å². The van der Waals surface area contributed by atoms with Gasteiger partial charge in [-0.15, -0.1) is 5.10 Å². The van der Waals surface area contributed by atoms with Crippen molar-refractivity contribution in [1.29, 1.82) is 0 Å². The van der Waals surface area contributed by atoms with Crippen molar-refractivity contribution in [1.82, 2.24) is 15.4 Å². The smallest absolute Gasteiger partial charge is 0.361 e. The number of nitrogens with zero attached hydrogens (tertiary/aromatic N) is 2. The van der Waals surface area contributed by atoms with Crippen LogP contribution in [-0.4, -0.2) is 41.1 Å². The summed E-state index contributed by atoms with van der Waals surface area (Å²) >= 11 is 2.02. The zero-order valence-corrected chi connectivity index (χ0v) is 13.5. The third kappa shape index (κ3) is 3.20. The molecule has 1 aromatic heterocycles. The van der Waals surface area contributed by atoms with Crippen LogP contribution in [0.3, 0.4) is 0 Å². The fourth-order valence-corrected chi connectivity index (χ4v) is 2.45. The number of benzene rings is 1. The van der Waals surface area contributed by atoms with E-state index in [1.165, 1.54) is 7.11 Å². The molecule has 1 N–H and O–H groups in total. The Morgan fingerprint density at radius 3 is 2.67 bits per heavy atom. The van der Waals surface area contributed by atoms with Crippen LogP contribution in [0.15, 0.2) is 18.2 Å². The summed E-state index contributed by atoms with van der Waals surface area (Å²) in [4.78, 5) is 23.3. The largest absolute Gasteiger partial charge is 0.465 e. The molecule has 110 valence electrons. The van der Waals surface area contributed by atoms with Crippen LogP contribution in [-0.2, 0) is 9.47 Å². The van der Waals surface area contributed by atoms with E-state index >= 15 is 0 Å². The number of aromatic nitrogens is 3.